The van der Waals surface area contributed by atoms with Gasteiger partial charge in [-0.2, -0.15) is 0 Å². The van der Waals surface area contributed by atoms with Gasteiger partial charge in [0, 0.05) is 12.8 Å². The third kappa shape index (κ3) is 65.7. The molecule has 2 unspecified atom stereocenters. The van der Waals surface area contributed by atoms with Crippen LogP contribution in [0.15, 0.2) is 12.2 Å². The molecule has 0 rings (SSSR count). The first kappa shape index (κ1) is 78.6. The van der Waals surface area contributed by atoms with Gasteiger partial charge in [0.15, 0.2) is 0 Å². The first-order valence-corrected chi connectivity index (χ1v) is 36.9. The Hall–Kier alpha value is -1.40. The average molecular weight is 1130 g/mol. The number of unbranched alkanes of at least 4 members (excludes halogenated alkanes) is 57. The van der Waals surface area contributed by atoms with E-state index in [2.05, 4.69) is 31.3 Å². The van der Waals surface area contributed by atoms with Gasteiger partial charge in [0.1, 0.15) is 0 Å². The van der Waals surface area contributed by atoms with Crippen molar-refractivity contribution in [1.82, 2.24) is 5.32 Å². The molecule has 0 aliphatic rings. The Bertz CT molecular complexity index is 1210. The third-order valence-corrected chi connectivity index (χ3v) is 17.6. The smallest absolute Gasteiger partial charge is 0.305 e. The Morgan fingerprint density at radius 3 is 0.887 bits per heavy atom. The van der Waals surface area contributed by atoms with Crippen LogP contribution >= 0.6 is 0 Å². The average Bonchev–Trinajstić information content (AvgIpc) is 3.46. The maximum absolute atomic E-state index is 12.5. The number of aliphatic hydroxyl groups is 2. The van der Waals surface area contributed by atoms with Gasteiger partial charge in [-0.25, -0.2) is 0 Å². The number of nitrogens with one attached hydrogen (secondary N) is 1. The molecule has 0 aliphatic heterocycles. The molecule has 0 spiro atoms. The van der Waals surface area contributed by atoms with E-state index in [9.17, 15) is 19.8 Å². The van der Waals surface area contributed by atoms with E-state index in [0.29, 0.717) is 25.9 Å². The van der Waals surface area contributed by atoms with Gasteiger partial charge in [-0.05, 0) is 51.4 Å². The summed E-state index contributed by atoms with van der Waals surface area (Å²) in [7, 11) is 0. The Labute approximate surface area is 501 Å². The number of aliphatic hydroxyl groups excluding tert-OH is 2. The number of ether oxygens (including phenoxy) is 1. The SMILES string of the molecule is CCCCCCCCCCCCCCCCC(=O)OCCCCCCCCCCCCCCCCCCCC/C=C\CCCCCCCCCCCCCCCCCCCC(=O)NC(CO)C(O)CCCCCCCCCCCC. The van der Waals surface area contributed by atoms with E-state index in [1.165, 1.54) is 353 Å². The first-order chi connectivity index (χ1) is 39.5. The van der Waals surface area contributed by atoms with Gasteiger partial charge in [0.25, 0.3) is 0 Å². The molecule has 1 amide bonds. The molecule has 2 atom stereocenters. The predicted octanol–water partition coefficient (Wildman–Crippen LogP) is 23.9. The van der Waals surface area contributed by atoms with Crippen LogP contribution in [0.5, 0.6) is 0 Å². The molecule has 6 nitrogen and oxygen atoms in total. The summed E-state index contributed by atoms with van der Waals surface area (Å²) in [6, 6.07) is -0.535. The number of rotatable bonds is 70. The van der Waals surface area contributed by atoms with Crippen molar-refractivity contribution in [2.45, 2.75) is 437 Å². The van der Waals surface area contributed by atoms with E-state index in [0.717, 1.165) is 38.5 Å². The molecule has 0 bridgehead atoms. The topological polar surface area (TPSA) is 95.9 Å². The summed E-state index contributed by atoms with van der Waals surface area (Å²) in [6.07, 6.45) is 87.3. The van der Waals surface area contributed by atoms with Crippen molar-refractivity contribution >= 4 is 11.9 Å². The summed E-state index contributed by atoms with van der Waals surface area (Å²) in [5.41, 5.74) is 0. The fraction of sp³-hybridized carbons (Fsp3) is 0.946. The van der Waals surface area contributed by atoms with Gasteiger partial charge in [-0.15, -0.1) is 0 Å². The molecule has 0 saturated carbocycles. The maximum Gasteiger partial charge on any atom is 0.305 e. The molecule has 0 aromatic carbocycles. The highest BCUT2D eigenvalue weighted by Gasteiger charge is 2.20. The van der Waals surface area contributed by atoms with Crippen molar-refractivity contribution in [2.75, 3.05) is 13.2 Å². The minimum atomic E-state index is -0.658. The van der Waals surface area contributed by atoms with Crippen molar-refractivity contribution in [3.05, 3.63) is 12.2 Å². The number of esters is 1. The molecule has 0 saturated heterocycles. The second-order valence-electron chi connectivity index (χ2n) is 25.6. The third-order valence-electron chi connectivity index (χ3n) is 17.6. The molecule has 0 aliphatic carbocycles. The number of carbonyl (C=O) groups excluding carboxylic acids is 2. The van der Waals surface area contributed by atoms with E-state index in [4.69, 9.17) is 4.74 Å². The Balaban J connectivity index is 3.28. The Kier molecular flexibility index (Phi) is 68.9. The lowest BCUT2D eigenvalue weighted by Crippen LogP contribution is -2.45. The van der Waals surface area contributed by atoms with Gasteiger partial charge in [-0.1, -0.05) is 373 Å². The van der Waals surface area contributed by atoms with Crippen LogP contribution in [-0.2, 0) is 14.3 Å². The molecular formula is C74H145NO5. The highest BCUT2D eigenvalue weighted by molar-refractivity contribution is 5.76. The van der Waals surface area contributed by atoms with Gasteiger partial charge in [0.2, 0.25) is 5.91 Å². The lowest BCUT2D eigenvalue weighted by atomic mass is 10.0. The van der Waals surface area contributed by atoms with Crippen molar-refractivity contribution < 1.29 is 24.5 Å². The predicted molar refractivity (Wildman–Crippen MR) is 352 cm³/mol. The second-order valence-corrected chi connectivity index (χ2v) is 25.6. The normalized spacial score (nSPS) is 12.5. The van der Waals surface area contributed by atoms with E-state index in [1.807, 2.05) is 0 Å². The zero-order chi connectivity index (χ0) is 57.8. The van der Waals surface area contributed by atoms with Crippen LogP contribution in [0.4, 0.5) is 0 Å². The van der Waals surface area contributed by atoms with Gasteiger partial charge < -0.3 is 20.3 Å². The van der Waals surface area contributed by atoms with Crippen molar-refractivity contribution in [3.63, 3.8) is 0 Å². The van der Waals surface area contributed by atoms with Crippen LogP contribution < -0.4 is 5.32 Å². The summed E-state index contributed by atoms with van der Waals surface area (Å²) in [5.74, 6) is -0.00436. The summed E-state index contributed by atoms with van der Waals surface area (Å²) in [6.45, 7) is 4.98. The molecule has 0 aromatic heterocycles. The van der Waals surface area contributed by atoms with E-state index >= 15 is 0 Å². The minimum absolute atomic E-state index is 0.0256. The fourth-order valence-corrected chi connectivity index (χ4v) is 11.9. The molecule has 6 heteroatoms. The van der Waals surface area contributed by atoms with Crippen LogP contribution in [0.2, 0.25) is 0 Å². The van der Waals surface area contributed by atoms with Crippen LogP contribution in [0, 0.1) is 0 Å². The number of hydrogen-bond acceptors (Lipinski definition) is 5. The van der Waals surface area contributed by atoms with Crippen molar-refractivity contribution in [3.8, 4) is 0 Å². The summed E-state index contributed by atoms with van der Waals surface area (Å²) < 4.78 is 5.50. The molecule has 3 N–H and O–H groups in total. The van der Waals surface area contributed by atoms with Gasteiger partial charge >= 0.3 is 5.97 Å². The van der Waals surface area contributed by atoms with E-state index in [1.54, 1.807) is 0 Å². The lowest BCUT2D eigenvalue weighted by molar-refractivity contribution is -0.143. The fourth-order valence-electron chi connectivity index (χ4n) is 11.9. The lowest BCUT2D eigenvalue weighted by Gasteiger charge is -2.22. The standard InChI is InChI=1S/C74H145NO5/c1-3-5-7-9-11-13-15-16-45-48-52-56-60-64-68-74(79)80-69-65-61-57-53-49-46-43-41-39-37-35-33-31-29-27-25-23-21-19-17-18-20-22-24-26-28-30-32-34-36-38-40-42-44-47-51-55-59-63-67-73(78)75-71(70-76)72(77)66-62-58-54-50-14-12-10-8-6-4-2/h17-18,71-72,76-77H,3-16,19-70H2,1-2H3,(H,75,78)/b18-17-. The van der Waals surface area contributed by atoms with Gasteiger partial charge in [-0.3, -0.25) is 9.59 Å². The van der Waals surface area contributed by atoms with Crippen LogP contribution in [-0.4, -0.2) is 47.4 Å². The minimum Gasteiger partial charge on any atom is -0.466 e. The molecule has 0 aromatic rings. The van der Waals surface area contributed by atoms with Crippen LogP contribution in [0.25, 0.3) is 0 Å². The Morgan fingerprint density at radius 2 is 0.588 bits per heavy atom. The Morgan fingerprint density at radius 1 is 0.338 bits per heavy atom. The molecule has 80 heavy (non-hydrogen) atoms. The van der Waals surface area contributed by atoms with Crippen LogP contribution in [0.1, 0.15) is 425 Å². The summed E-state index contributed by atoms with van der Waals surface area (Å²) in [4.78, 5) is 24.5. The molecule has 0 radical (unpaired) electrons. The zero-order valence-electron chi connectivity index (χ0n) is 54.6. The number of amides is 1. The molecular weight excluding hydrogens is 983 g/mol. The number of carbonyl (C=O) groups is 2. The van der Waals surface area contributed by atoms with E-state index in [-0.39, 0.29) is 18.5 Å². The number of allylic oxidation sites excluding steroid dienone is 2. The molecule has 0 heterocycles. The monoisotopic (exact) mass is 1130 g/mol. The first-order valence-electron chi connectivity index (χ1n) is 36.9. The molecule has 476 valence electrons. The summed E-state index contributed by atoms with van der Waals surface area (Å²) >= 11 is 0. The largest absolute Gasteiger partial charge is 0.466 e. The van der Waals surface area contributed by atoms with E-state index < -0.39 is 12.1 Å². The quantitative estimate of drug-likeness (QED) is 0.0320. The van der Waals surface area contributed by atoms with Crippen molar-refractivity contribution in [2.24, 2.45) is 0 Å². The highest BCUT2D eigenvalue weighted by atomic mass is 16.5. The number of hydrogen-bond donors (Lipinski definition) is 3. The highest BCUT2D eigenvalue weighted by Crippen LogP contribution is 2.19. The second kappa shape index (κ2) is 70.1. The maximum atomic E-state index is 12.5. The van der Waals surface area contributed by atoms with Crippen LogP contribution in [0.3, 0.4) is 0 Å². The summed E-state index contributed by atoms with van der Waals surface area (Å²) in [5, 5.41) is 23.2. The van der Waals surface area contributed by atoms with Gasteiger partial charge in [0.05, 0.1) is 25.4 Å². The zero-order valence-corrected chi connectivity index (χ0v) is 54.6. The molecule has 0 fully saturated rings. The van der Waals surface area contributed by atoms with Crippen molar-refractivity contribution in [1.29, 1.82) is 0 Å².